The molecule has 0 saturated carbocycles. The summed E-state index contributed by atoms with van der Waals surface area (Å²) in [6.45, 7) is 2.06. The summed E-state index contributed by atoms with van der Waals surface area (Å²) in [5.41, 5.74) is 0. The number of rotatable bonds is 2. The summed E-state index contributed by atoms with van der Waals surface area (Å²) in [5.74, 6) is -0.948. The summed E-state index contributed by atoms with van der Waals surface area (Å²) >= 11 is 0. The van der Waals surface area contributed by atoms with Crippen molar-refractivity contribution >= 4 is 5.97 Å². The van der Waals surface area contributed by atoms with Gasteiger partial charge in [0.2, 0.25) is 0 Å². The Morgan fingerprint density at radius 3 is 2.80 bits per heavy atom. The second-order valence-electron chi connectivity index (χ2n) is 2.13. The molecule has 2 atom stereocenters. The Bertz CT molecular complexity index is 134. The van der Waals surface area contributed by atoms with Gasteiger partial charge in [0.05, 0.1) is 6.61 Å². The molecule has 0 amide bonds. The van der Waals surface area contributed by atoms with E-state index in [1.54, 1.807) is 0 Å². The molecular formula is C6H10O4. The standard InChI is InChI=1S/C6H10O4/c1-2-5-9-3-4(10-5)6(7)8/h4-5H,2-3H2,1H3,(H,7,8)/t4?,5-/m0/s1. The zero-order valence-corrected chi connectivity index (χ0v) is 5.74. The maximum absolute atomic E-state index is 10.3. The van der Waals surface area contributed by atoms with Gasteiger partial charge in [-0.1, -0.05) is 6.92 Å². The number of hydrogen-bond acceptors (Lipinski definition) is 3. The van der Waals surface area contributed by atoms with Crippen LogP contribution in [0.15, 0.2) is 0 Å². The number of hydrogen-bond donors (Lipinski definition) is 1. The fourth-order valence-electron chi connectivity index (χ4n) is 0.800. The number of aliphatic carboxylic acids is 1. The van der Waals surface area contributed by atoms with Crippen molar-refractivity contribution < 1.29 is 19.4 Å². The second kappa shape index (κ2) is 2.98. The van der Waals surface area contributed by atoms with E-state index in [2.05, 4.69) is 0 Å². The lowest BCUT2D eigenvalue weighted by Crippen LogP contribution is -2.22. The molecule has 4 nitrogen and oxygen atoms in total. The molecular weight excluding hydrogens is 136 g/mol. The molecule has 1 aliphatic heterocycles. The molecule has 1 rings (SSSR count). The minimum atomic E-state index is -0.948. The van der Waals surface area contributed by atoms with Gasteiger partial charge in [0.15, 0.2) is 12.4 Å². The molecule has 1 N–H and O–H groups in total. The molecule has 10 heavy (non-hydrogen) atoms. The third-order valence-electron chi connectivity index (χ3n) is 1.36. The Labute approximate surface area is 58.7 Å². The van der Waals surface area contributed by atoms with Crippen LogP contribution in [0.4, 0.5) is 0 Å². The SMILES string of the molecule is CC[C@H]1OCC(C(=O)O)O1. The lowest BCUT2D eigenvalue weighted by molar-refractivity contribution is -0.150. The maximum atomic E-state index is 10.3. The first-order chi connectivity index (χ1) is 4.74. The highest BCUT2D eigenvalue weighted by atomic mass is 16.7. The number of ether oxygens (including phenoxy) is 2. The Morgan fingerprint density at radius 1 is 1.80 bits per heavy atom. The molecule has 0 aromatic rings. The predicted molar refractivity (Wildman–Crippen MR) is 32.5 cm³/mol. The fraction of sp³-hybridized carbons (Fsp3) is 0.833. The molecule has 0 radical (unpaired) electrons. The van der Waals surface area contributed by atoms with Gasteiger partial charge in [0.25, 0.3) is 0 Å². The average molecular weight is 146 g/mol. The van der Waals surface area contributed by atoms with Crippen molar-refractivity contribution in [3.8, 4) is 0 Å². The van der Waals surface area contributed by atoms with Crippen LogP contribution in [0.25, 0.3) is 0 Å². The lowest BCUT2D eigenvalue weighted by Gasteiger charge is -2.04. The zero-order valence-electron chi connectivity index (χ0n) is 5.74. The molecule has 1 saturated heterocycles. The van der Waals surface area contributed by atoms with Crippen LogP contribution in [0, 0.1) is 0 Å². The van der Waals surface area contributed by atoms with E-state index in [1.807, 2.05) is 6.92 Å². The van der Waals surface area contributed by atoms with Crippen LogP contribution in [0.1, 0.15) is 13.3 Å². The number of carboxylic acid groups (broad SMARTS) is 1. The van der Waals surface area contributed by atoms with Gasteiger partial charge in [-0.15, -0.1) is 0 Å². The van der Waals surface area contributed by atoms with Gasteiger partial charge in [0, 0.05) is 0 Å². The van der Waals surface area contributed by atoms with Crippen molar-refractivity contribution in [3.05, 3.63) is 0 Å². The molecule has 1 heterocycles. The van der Waals surface area contributed by atoms with Gasteiger partial charge in [-0.25, -0.2) is 4.79 Å². The van der Waals surface area contributed by atoms with Crippen molar-refractivity contribution in [1.29, 1.82) is 0 Å². The predicted octanol–water partition coefficient (Wildman–Crippen LogP) is 0.222. The Kier molecular flexibility index (Phi) is 2.24. The highest BCUT2D eigenvalue weighted by Gasteiger charge is 2.29. The van der Waals surface area contributed by atoms with E-state index in [9.17, 15) is 4.79 Å². The first kappa shape index (κ1) is 7.50. The van der Waals surface area contributed by atoms with Crippen LogP contribution >= 0.6 is 0 Å². The van der Waals surface area contributed by atoms with E-state index in [-0.39, 0.29) is 12.9 Å². The van der Waals surface area contributed by atoms with Gasteiger partial charge in [-0.05, 0) is 6.42 Å². The Hall–Kier alpha value is -0.610. The Morgan fingerprint density at radius 2 is 2.50 bits per heavy atom. The minimum absolute atomic E-state index is 0.174. The summed E-state index contributed by atoms with van der Waals surface area (Å²) in [6, 6.07) is 0. The van der Waals surface area contributed by atoms with Crippen LogP contribution in [-0.2, 0) is 14.3 Å². The molecule has 1 unspecified atom stereocenters. The largest absolute Gasteiger partial charge is 0.479 e. The van der Waals surface area contributed by atoms with Gasteiger partial charge < -0.3 is 14.6 Å². The van der Waals surface area contributed by atoms with Crippen molar-refractivity contribution in [1.82, 2.24) is 0 Å². The third kappa shape index (κ3) is 1.46. The monoisotopic (exact) mass is 146 g/mol. The summed E-state index contributed by atoms with van der Waals surface area (Å²) in [5, 5.41) is 8.42. The van der Waals surface area contributed by atoms with Gasteiger partial charge in [0.1, 0.15) is 0 Å². The quantitative estimate of drug-likeness (QED) is 0.605. The highest BCUT2D eigenvalue weighted by Crippen LogP contribution is 2.13. The second-order valence-corrected chi connectivity index (χ2v) is 2.13. The first-order valence-electron chi connectivity index (χ1n) is 3.24. The third-order valence-corrected chi connectivity index (χ3v) is 1.36. The summed E-state index contributed by atoms with van der Waals surface area (Å²) in [4.78, 5) is 10.3. The van der Waals surface area contributed by atoms with Gasteiger partial charge >= 0.3 is 5.97 Å². The van der Waals surface area contributed by atoms with Crippen LogP contribution in [0.5, 0.6) is 0 Å². The number of carbonyl (C=O) groups is 1. The number of carboxylic acids is 1. The topological polar surface area (TPSA) is 55.8 Å². The molecule has 0 aliphatic carbocycles. The van der Waals surface area contributed by atoms with Crippen molar-refractivity contribution in [2.24, 2.45) is 0 Å². The normalized spacial score (nSPS) is 32.5. The minimum Gasteiger partial charge on any atom is -0.479 e. The lowest BCUT2D eigenvalue weighted by atomic mass is 10.4. The molecule has 1 fully saturated rings. The van der Waals surface area contributed by atoms with E-state index in [0.717, 1.165) is 0 Å². The molecule has 58 valence electrons. The first-order valence-corrected chi connectivity index (χ1v) is 3.24. The van der Waals surface area contributed by atoms with Crippen molar-refractivity contribution in [2.45, 2.75) is 25.7 Å². The summed E-state index contributed by atoms with van der Waals surface area (Å²) in [6.07, 6.45) is -0.380. The van der Waals surface area contributed by atoms with E-state index < -0.39 is 12.1 Å². The van der Waals surface area contributed by atoms with Crippen LogP contribution < -0.4 is 0 Å². The van der Waals surface area contributed by atoms with E-state index in [0.29, 0.717) is 6.42 Å². The molecule has 0 spiro atoms. The van der Waals surface area contributed by atoms with E-state index in [4.69, 9.17) is 14.6 Å². The molecule has 0 aromatic carbocycles. The van der Waals surface area contributed by atoms with E-state index >= 15 is 0 Å². The van der Waals surface area contributed by atoms with Crippen molar-refractivity contribution in [3.63, 3.8) is 0 Å². The fourth-order valence-corrected chi connectivity index (χ4v) is 0.800. The van der Waals surface area contributed by atoms with Gasteiger partial charge in [-0.3, -0.25) is 0 Å². The zero-order chi connectivity index (χ0) is 7.56. The van der Waals surface area contributed by atoms with Crippen LogP contribution in [0.2, 0.25) is 0 Å². The maximum Gasteiger partial charge on any atom is 0.335 e. The molecule has 0 aromatic heterocycles. The van der Waals surface area contributed by atoms with Gasteiger partial charge in [-0.2, -0.15) is 0 Å². The average Bonchev–Trinajstić information content (AvgIpc) is 2.34. The highest BCUT2D eigenvalue weighted by molar-refractivity contribution is 5.72. The molecule has 1 aliphatic rings. The summed E-state index contributed by atoms with van der Waals surface area (Å²) < 4.78 is 9.92. The molecule has 0 bridgehead atoms. The molecule has 4 heteroatoms. The smallest absolute Gasteiger partial charge is 0.335 e. The summed E-state index contributed by atoms with van der Waals surface area (Å²) in [7, 11) is 0. The van der Waals surface area contributed by atoms with Crippen LogP contribution in [0.3, 0.4) is 0 Å². The Balaban J connectivity index is 2.35. The van der Waals surface area contributed by atoms with Crippen LogP contribution in [-0.4, -0.2) is 30.1 Å². The van der Waals surface area contributed by atoms with Crippen molar-refractivity contribution in [2.75, 3.05) is 6.61 Å². The van der Waals surface area contributed by atoms with E-state index in [1.165, 1.54) is 0 Å².